The van der Waals surface area contributed by atoms with Crippen LogP contribution in [-0.2, 0) is 11.3 Å². The number of fused-ring (bicyclic) bond motifs is 1. The molecule has 21 heavy (non-hydrogen) atoms. The molecule has 4 nitrogen and oxygen atoms in total. The topological polar surface area (TPSA) is 53.7 Å². The third-order valence-corrected chi connectivity index (χ3v) is 4.29. The number of rotatable bonds is 5. The van der Waals surface area contributed by atoms with Crippen LogP contribution in [0.2, 0.25) is 0 Å². The number of hydrogen-bond acceptors (Lipinski definition) is 3. The van der Waals surface area contributed by atoms with Crippen molar-refractivity contribution >= 4 is 16.9 Å². The minimum absolute atomic E-state index is 0.291. The summed E-state index contributed by atoms with van der Waals surface area (Å²) in [5.74, 6) is -0.162. The molecule has 0 saturated carbocycles. The fourth-order valence-electron chi connectivity index (χ4n) is 3.23. The van der Waals surface area contributed by atoms with Gasteiger partial charge in [-0.05, 0) is 55.5 Å². The molecule has 1 aliphatic heterocycles. The number of benzene rings is 1. The summed E-state index contributed by atoms with van der Waals surface area (Å²) in [7, 11) is 0. The quantitative estimate of drug-likeness (QED) is 0.914. The predicted molar refractivity (Wildman–Crippen MR) is 81.1 cm³/mol. The van der Waals surface area contributed by atoms with Gasteiger partial charge in [-0.25, -0.2) is 0 Å². The van der Waals surface area contributed by atoms with Crippen molar-refractivity contribution in [2.75, 3.05) is 13.1 Å². The molecule has 1 N–H and O–H groups in total. The number of nitrogens with zero attached hydrogens (tertiary/aromatic N) is 1. The summed E-state index contributed by atoms with van der Waals surface area (Å²) < 4.78 is 5.37. The van der Waals surface area contributed by atoms with Gasteiger partial charge in [0.1, 0.15) is 5.58 Å². The van der Waals surface area contributed by atoms with E-state index < -0.39 is 5.97 Å². The van der Waals surface area contributed by atoms with Crippen LogP contribution in [0.1, 0.15) is 31.2 Å². The van der Waals surface area contributed by atoms with Crippen molar-refractivity contribution in [1.82, 2.24) is 4.90 Å². The van der Waals surface area contributed by atoms with Gasteiger partial charge in [-0.3, -0.25) is 9.69 Å². The highest BCUT2D eigenvalue weighted by molar-refractivity contribution is 5.77. The number of carboxylic acid groups (broad SMARTS) is 1. The van der Waals surface area contributed by atoms with Crippen molar-refractivity contribution in [1.29, 1.82) is 0 Å². The minimum Gasteiger partial charge on any atom is -0.481 e. The Morgan fingerprint density at radius 3 is 3.14 bits per heavy atom. The Morgan fingerprint density at radius 1 is 1.38 bits per heavy atom. The predicted octanol–water partition coefficient (Wildman–Crippen LogP) is 3.51. The van der Waals surface area contributed by atoms with Crippen LogP contribution in [0.3, 0.4) is 0 Å². The van der Waals surface area contributed by atoms with Gasteiger partial charge in [0.2, 0.25) is 0 Å². The average Bonchev–Trinajstić information content (AvgIpc) is 2.93. The maximum absolute atomic E-state index is 10.7. The van der Waals surface area contributed by atoms with Gasteiger partial charge < -0.3 is 9.52 Å². The average molecular weight is 287 g/mol. The molecule has 4 heteroatoms. The molecule has 2 aromatic rings. The van der Waals surface area contributed by atoms with E-state index in [-0.39, 0.29) is 0 Å². The zero-order valence-corrected chi connectivity index (χ0v) is 12.1. The van der Waals surface area contributed by atoms with E-state index in [9.17, 15) is 4.79 Å². The van der Waals surface area contributed by atoms with E-state index >= 15 is 0 Å². The fraction of sp³-hybridized carbons (Fsp3) is 0.471. The second-order valence-corrected chi connectivity index (χ2v) is 5.97. The summed E-state index contributed by atoms with van der Waals surface area (Å²) in [4.78, 5) is 13.1. The number of hydrogen-bond donors (Lipinski definition) is 1. The van der Waals surface area contributed by atoms with Crippen LogP contribution in [0.4, 0.5) is 0 Å². The lowest BCUT2D eigenvalue weighted by atomic mass is 9.93. The minimum atomic E-state index is -0.683. The first-order valence-electron chi connectivity index (χ1n) is 7.61. The molecule has 0 amide bonds. The van der Waals surface area contributed by atoms with Gasteiger partial charge in [-0.1, -0.05) is 6.07 Å². The van der Waals surface area contributed by atoms with Gasteiger partial charge in [0.05, 0.1) is 6.26 Å². The van der Waals surface area contributed by atoms with E-state index in [0.717, 1.165) is 49.9 Å². The monoisotopic (exact) mass is 287 g/mol. The van der Waals surface area contributed by atoms with Crippen LogP contribution in [0.25, 0.3) is 11.0 Å². The number of carboxylic acids is 1. The Labute approximate surface area is 124 Å². The van der Waals surface area contributed by atoms with Crippen LogP contribution in [0.15, 0.2) is 34.9 Å². The second kappa shape index (κ2) is 6.31. The standard InChI is InChI=1S/C17H21NO3/c19-17(20)6-4-13-2-1-8-18(11-13)12-14-3-5-16-15(10-14)7-9-21-16/h3,5,7,9-10,13H,1-2,4,6,8,11-12H2,(H,19,20). The fourth-order valence-corrected chi connectivity index (χ4v) is 3.23. The molecule has 2 heterocycles. The number of furan rings is 1. The summed E-state index contributed by atoms with van der Waals surface area (Å²) in [5.41, 5.74) is 2.22. The normalized spacial score (nSPS) is 19.9. The van der Waals surface area contributed by atoms with E-state index in [1.807, 2.05) is 12.1 Å². The molecule has 1 aromatic carbocycles. The maximum Gasteiger partial charge on any atom is 0.303 e. The highest BCUT2D eigenvalue weighted by atomic mass is 16.4. The van der Waals surface area contributed by atoms with Crippen LogP contribution in [-0.4, -0.2) is 29.1 Å². The molecule has 1 atom stereocenters. The molecule has 1 unspecified atom stereocenters. The number of piperidine rings is 1. The first-order valence-corrected chi connectivity index (χ1v) is 7.61. The Morgan fingerprint density at radius 2 is 2.29 bits per heavy atom. The summed E-state index contributed by atoms with van der Waals surface area (Å²) in [6, 6.07) is 8.31. The highest BCUT2D eigenvalue weighted by Gasteiger charge is 2.20. The van der Waals surface area contributed by atoms with E-state index in [4.69, 9.17) is 9.52 Å². The molecule has 0 spiro atoms. The number of aliphatic carboxylic acids is 1. The molecule has 112 valence electrons. The first-order chi connectivity index (χ1) is 10.2. The van der Waals surface area contributed by atoms with Gasteiger partial charge >= 0.3 is 5.97 Å². The van der Waals surface area contributed by atoms with Gasteiger partial charge in [0.15, 0.2) is 0 Å². The van der Waals surface area contributed by atoms with E-state index in [0.29, 0.717) is 12.3 Å². The lowest BCUT2D eigenvalue weighted by molar-refractivity contribution is -0.137. The smallest absolute Gasteiger partial charge is 0.303 e. The zero-order chi connectivity index (χ0) is 14.7. The zero-order valence-electron chi connectivity index (χ0n) is 12.1. The van der Waals surface area contributed by atoms with E-state index in [2.05, 4.69) is 17.0 Å². The van der Waals surface area contributed by atoms with Crippen molar-refractivity contribution in [3.8, 4) is 0 Å². The van der Waals surface area contributed by atoms with Crippen molar-refractivity contribution < 1.29 is 14.3 Å². The van der Waals surface area contributed by atoms with Crippen molar-refractivity contribution in [2.24, 2.45) is 5.92 Å². The maximum atomic E-state index is 10.7. The summed E-state index contributed by atoms with van der Waals surface area (Å²) in [6.45, 7) is 3.05. The lowest BCUT2D eigenvalue weighted by Crippen LogP contribution is -2.35. The van der Waals surface area contributed by atoms with E-state index in [1.54, 1.807) is 6.26 Å². The van der Waals surface area contributed by atoms with Crippen molar-refractivity contribution in [3.63, 3.8) is 0 Å². The lowest BCUT2D eigenvalue weighted by Gasteiger charge is -2.32. The molecule has 1 saturated heterocycles. The number of carbonyl (C=O) groups is 1. The Hall–Kier alpha value is -1.81. The van der Waals surface area contributed by atoms with Crippen molar-refractivity contribution in [2.45, 2.75) is 32.2 Å². The van der Waals surface area contributed by atoms with Crippen molar-refractivity contribution in [3.05, 3.63) is 36.1 Å². The van der Waals surface area contributed by atoms with Crippen LogP contribution < -0.4 is 0 Å². The molecule has 0 bridgehead atoms. The molecule has 1 aromatic heterocycles. The van der Waals surface area contributed by atoms with Crippen LogP contribution in [0, 0.1) is 5.92 Å². The number of likely N-dealkylation sites (tertiary alicyclic amines) is 1. The van der Waals surface area contributed by atoms with Gasteiger partial charge in [0, 0.05) is 24.9 Å². The van der Waals surface area contributed by atoms with Crippen LogP contribution >= 0.6 is 0 Å². The molecular weight excluding hydrogens is 266 g/mol. The third kappa shape index (κ3) is 3.64. The Kier molecular flexibility index (Phi) is 4.25. The second-order valence-electron chi connectivity index (χ2n) is 5.97. The molecule has 0 aliphatic carbocycles. The largest absolute Gasteiger partial charge is 0.481 e. The van der Waals surface area contributed by atoms with Crippen LogP contribution in [0.5, 0.6) is 0 Å². The van der Waals surface area contributed by atoms with Gasteiger partial charge in [0.25, 0.3) is 0 Å². The third-order valence-electron chi connectivity index (χ3n) is 4.29. The highest BCUT2D eigenvalue weighted by Crippen LogP contribution is 2.24. The molecular formula is C17H21NO3. The molecule has 3 rings (SSSR count). The summed E-state index contributed by atoms with van der Waals surface area (Å²) in [6.07, 6.45) is 5.13. The SMILES string of the molecule is O=C(O)CCC1CCCN(Cc2ccc3occc3c2)C1. The molecule has 0 radical (unpaired) electrons. The summed E-state index contributed by atoms with van der Waals surface area (Å²) in [5, 5.41) is 9.95. The summed E-state index contributed by atoms with van der Waals surface area (Å²) >= 11 is 0. The first kappa shape index (κ1) is 14.1. The van der Waals surface area contributed by atoms with E-state index in [1.165, 1.54) is 5.56 Å². The Balaban J connectivity index is 1.59. The van der Waals surface area contributed by atoms with Gasteiger partial charge in [-0.2, -0.15) is 0 Å². The molecule has 1 aliphatic rings. The Bertz CT molecular complexity index is 619. The molecule has 1 fully saturated rings. The van der Waals surface area contributed by atoms with Gasteiger partial charge in [-0.15, -0.1) is 0 Å².